The van der Waals surface area contributed by atoms with Crippen LogP contribution in [0.2, 0.25) is 0 Å². The number of ether oxygens (including phenoxy) is 2. The molecule has 0 spiro atoms. The van der Waals surface area contributed by atoms with Crippen LogP contribution in [0.3, 0.4) is 0 Å². The number of aromatic nitrogens is 2. The molecule has 118 valence electrons. The Hall–Kier alpha value is -1.36. The van der Waals surface area contributed by atoms with Crippen LogP contribution in [0.1, 0.15) is 57.3 Å². The highest BCUT2D eigenvalue weighted by molar-refractivity contribution is 5.49. The molecule has 0 aromatic carbocycles. The Morgan fingerprint density at radius 3 is 2.62 bits per heavy atom. The molecular formula is C16H27N3O2. The minimum Gasteiger partial charge on any atom is -0.475 e. The molecule has 0 amide bonds. The average molecular weight is 293 g/mol. The first-order valence-corrected chi connectivity index (χ1v) is 7.98. The lowest BCUT2D eigenvalue weighted by atomic mass is 10.3. The van der Waals surface area contributed by atoms with Crippen LogP contribution in [0.4, 0.5) is 5.82 Å². The summed E-state index contributed by atoms with van der Waals surface area (Å²) in [5.41, 5.74) is 0.984. The maximum Gasteiger partial charge on any atom is 0.221 e. The molecule has 1 aromatic heterocycles. The first-order chi connectivity index (χ1) is 10.1. The maximum absolute atomic E-state index is 5.81. The van der Waals surface area contributed by atoms with Crippen molar-refractivity contribution in [2.24, 2.45) is 0 Å². The van der Waals surface area contributed by atoms with Gasteiger partial charge in [0.05, 0.1) is 18.3 Å². The summed E-state index contributed by atoms with van der Waals surface area (Å²) in [6.07, 6.45) is 3.67. The predicted molar refractivity (Wildman–Crippen MR) is 84.1 cm³/mol. The SMILES string of the molecule is CCCNc1nc(C2CC2)nc(OCCOC(C)C)c1C. The Balaban J connectivity index is 2.04. The average Bonchev–Trinajstić information content (AvgIpc) is 3.28. The van der Waals surface area contributed by atoms with Crippen molar-refractivity contribution >= 4 is 5.82 Å². The minimum absolute atomic E-state index is 0.226. The molecule has 0 unspecified atom stereocenters. The highest BCUT2D eigenvalue weighted by Crippen LogP contribution is 2.39. The molecule has 21 heavy (non-hydrogen) atoms. The summed E-state index contributed by atoms with van der Waals surface area (Å²) in [7, 11) is 0. The quantitative estimate of drug-likeness (QED) is 0.708. The standard InChI is InChI=1S/C16H27N3O2/c1-5-8-17-14-12(4)16(21-10-9-20-11(2)3)19-15(18-14)13-6-7-13/h11,13H,5-10H2,1-4H3,(H,17,18,19). The van der Waals surface area contributed by atoms with Crippen LogP contribution in [0, 0.1) is 6.92 Å². The van der Waals surface area contributed by atoms with E-state index < -0.39 is 0 Å². The smallest absolute Gasteiger partial charge is 0.221 e. The van der Waals surface area contributed by atoms with Crippen molar-refractivity contribution in [3.8, 4) is 5.88 Å². The van der Waals surface area contributed by atoms with Crippen LogP contribution in [0.25, 0.3) is 0 Å². The van der Waals surface area contributed by atoms with Crippen molar-refractivity contribution in [1.82, 2.24) is 9.97 Å². The summed E-state index contributed by atoms with van der Waals surface area (Å²) in [4.78, 5) is 9.25. The molecule has 0 atom stereocenters. The van der Waals surface area contributed by atoms with Crippen molar-refractivity contribution < 1.29 is 9.47 Å². The highest BCUT2D eigenvalue weighted by atomic mass is 16.5. The number of hydrogen-bond acceptors (Lipinski definition) is 5. The van der Waals surface area contributed by atoms with Crippen LogP contribution in [-0.2, 0) is 4.74 Å². The van der Waals surface area contributed by atoms with E-state index in [4.69, 9.17) is 9.47 Å². The zero-order valence-electron chi connectivity index (χ0n) is 13.6. The monoisotopic (exact) mass is 293 g/mol. The van der Waals surface area contributed by atoms with E-state index in [9.17, 15) is 0 Å². The zero-order chi connectivity index (χ0) is 15.2. The van der Waals surface area contributed by atoms with Crippen molar-refractivity contribution in [2.45, 2.75) is 59.0 Å². The lowest BCUT2D eigenvalue weighted by molar-refractivity contribution is 0.0540. The van der Waals surface area contributed by atoms with Crippen LogP contribution in [-0.4, -0.2) is 35.8 Å². The molecule has 1 N–H and O–H groups in total. The molecule has 1 aliphatic carbocycles. The molecule has 0 radical (unpaired) electrons. The van der Waals surface area contributed by atoms with Crippen molar-refractivity contribution in [3.05, 3.63) is 11.4 Å². The van der Waals surface area contributed by atoms with Crippen LogP contribution in [0.5, 0.6) is 5.88 Å². The summed E-state index contributed by atoms with van der Waals surface area (Å²) in [6, 6.07) is 0. The topological polar surface area (TPSA) is 56.3 Å². The van der Waals surface area contributed by atoms with E-state index in [0.717, 1.165) is 30.2 Å². The molecule has 2 rings (SSSR count). The Kier molecular flexibility index (Phi) is 5.79. The second-order valence-corrected chi connectivity index (χ2v) is 5.83. The highest BCUT2D eigenvalue weighted by Gasteiger charge is 2.28. The molecule has 1 saturated carbocycles. The maximum atomic E-state index is 5.81. The molecule has 5 nitrogen and oxygen atoms in total. The molecular weight excluding hydrogens is 266 g/mol. The van der Waals surface area contributed by atoms with Crippen LogP contribution >= 0.6 is 0 Å². The minimum atomic E-state index is 0.226. The molecule has 1 aliphatic rings. The van der Waals surface area contributed by atoms with Gasteiger partial charge in [-0.3, -0.25) is 0 Å². The second kappa shape index (κ2) is 7.59. The van der Waals surface area contributed by atoms with Gasteiger partial charge >= 0.3 is 0 Å². The second-order valence-electron chi connectivity index (χ2n) is 5.83. The fourth-order valence-electron chi connectivity index (χ4n) is 2.01. The van der Waals surface area contributed by atoms with E-state index in [1.165, 1.54) is 12.8 Å². The Morgan fingerprint density at radius 2 is 2.00 bits per heavy atom. The van der Waals surface area contributed by atoms with Crippen molar-refractivity contribution in [1.29, 1.82) is 0 Å². The fraction of sp³-hybridized carbons (Fsp3) is 0.750. The predicted octanol–water partition coefficient (Wildman–Crippen LogP) is 3.29. The third kappa shape index (κ3) is 4.84. The van der Waals surface area contributed by atoms with E-state index in [1.54, 1.807) is 0 Å². The summed E-state index contributed by atoms with van der Waals surface area (Å²) >= 11 is 0. The van der Waals surface area contributed by atoms with Crippen LogP contribution < -0.4 is 10.1 Å². The van der Waals surface area contributed by atoms with Crippen molar-refractivity contribution in [2.75, 3.05) is 25.1 Å². The lowest BCUT2D eigenvalue weighted by Gasteiger charge is -2.15. The molecule has 1 fully saturated rings. The van der Waals surface area contributed by atoms with Gasteiger partial charge in [0.1, 0.15) is 18.2 Å². The van der Waals surface area contributed by atoms with Gasteiger partial charge in [0.2, 0.25) is 5.88 Å². The van der Waals surface area contributed by atoms with E-state index in [-0.39, 0.29) is 6.10 Å². The van der Waals surface area contributed by atoms with Crippen LogP contribution in [0.15, 0.2) is 0 Å². The van der Waals surface area contributed by atoms with Gasteiger partial charge < -0.3 is 14.8 Å². The van der Waals surface area contributed by atoms with Gasteiger partial charge in [0.15, 0.2) is 0 Å². The summed E-state index contributed by atoms with van der Waals surface area (Å²) < 4.78 is 11.3. The van der Waals surface area contributed by atoms with E-state index >= 15 is 0 Å². The zero-order valence-corrected chi connectivity index (χ0v) is 13.6. The van der Waals surface area contributed by atoms with Gasteiger partial charge in [-0.25, -0.2) is 4.98 Å². The van der Waals surface area contributed by atoms with Gasteiger partial charge in [-0.05, 0) is 40.0 Å². The first-order valence-electron chi connectivity index (χ1n) is 7.98. The number of nitrogens with one attached hydrogen (secondary N) is 1. The van der Waals surface area contributed by atoms with Crippen molar-refractivity contribution in [3.63, 3.8) is 0 Å². The summed E-state index contributed by atoms with van der Waals surface area (Å²) in [5, 5.41) is 3.37. The molecule has 1 aromatic rings. The number of hydrogen-bond donors (Lipinski definition) is 1. The van der Waals surface area contributed by atoms with E-state index in [2.05, 4.69) is 22.2 Å². The first kappa shape index (κ1) is 16.0. The van der Waals surface area contributed by atoms with Gasteiger partial charge in [0.25, 0.3) is 0 Å². The summed E-state index contributed by atoms with van der Waals surface area (Å²) in [6.45, 7) is 10.2. The normalized spacial score (nSPS) is 14.5. The number of rotatable bonds is 9. The van der Waals surface area contributed by atoms with E-state index in [0.29, 0.717) is 25.0 Å². The molecule has 1 heterocycles. The molecule has 0 saturated heterocycles. The number of nitrogens with zero attached hydrogens (tertiary/aromatic N) is 2. The third-order valence-corrected chi connectivity index (χ3v) is 3.38. The van der Waals surface area contributed by atoms with Gasteiger partial charge in [0, 0.05) is 12.5 Å². The lowest BCUT2D eigenvalue weighted by Crippen LogP contribution is -2.14. The van der Waals surface area contributed by atoms with Gasteiger partial charge in [-0.2, -0.15) is 4.98 Å². The summed E-state index contributed by atoms with van der Waals surface area (Å²) in [5.74, 6) is 3.03. The third-order valence-electron chi connectivity index (χ3n) is 3.38. The molecule has 0 aliphatic heterocycles. The fourth-order valence-corrected chi connectivity index (χ4v) is 2.01. The largest absolute Gasteiger partial charge is 0.475 e. The Morgan fingerprint density at radius 1 is 1.24 bits per heavy atom. The number of anilines is 1. The van der Waals surface area contributed by atoms with Gasteiger partial charge in [-0.1, -0.05) is 6.92 Å². The molecule has 5 heteroatoms. The van der Waals surface area contributed by atoms with E-state index in [1.807, 2.05) is 20.8 Å². The van der Waals surface area contributed by atoms with Gasteiger partial charge in [-0.15, -0.1) is 0 Å². The Bertz CT molecular complexity index is 459. The Labute approximate surface area is 127 Å². The molecule has 0 bridgehead atoms.